The molecule has 2 fully saturated rings. The maximum absolute atomic E-state index is 12.9. The Hall–Kier alpha value is -2.35. The highest BCUT2D eigenvalue weighted by Crippen LogP contribution is 2.32. The van der Waals surface area contributed by atoms with Crippen molar-refractivity contribution in [2.45, 2.75) is 84.8 Å². The Balaban J connectivity index is 1.45. The van der Waals surface area contributed by atoms with Gasteiger partial charge in [0, 0.05) is 48.4 Å². The smallest absolute Gasteiger partial charge is 0.246 e. The molecule has 0 aromatic carbocycles. The highest BCUT2D eigenvalue weighted by atomic mass is 32.2. The van der Waals surface area contributed by atoms with E-state index in [0.717, 1.165) is 22.5 Å². The predicted molar refractivity (Wildman–Crippen MR) is 136 cm³/mol. The molecule has 2 aromatic heterocycles. The second-order valence-electron chi connectivity index (χ2n) is 10.2. The molecule has 0 spiro atoms. The van der Waals surface area contributed by atoms with Crippen molar-refractivity contribution < 1.29 is 13.2 Å². The summed E-state index contributed by atoms with van der Waals surface area (Å²) in [6.45, 7) is 8.65. The van der Waals surface area contributed by atoms with E-state index in [4.69, 9.17) is 0 Å². The van der Waals surface area contributed by atoms with E-state index in [2.05, 4.69) is 29.6 Å². The molecule has 1 saturated heterocycles. The predicted octanol–water partition coefficient (Wildman–Crippen LogP) is 4.45. The van der Waals surface area contributed by atoms with Crippen LogP contribution in [-0.4, -0.2) is 52.1 Å². The van der Waals surface area contributed by atoms with E-state index in [1.165, 1.54) is 43.5 Å². The van der Waals surface area contributed by atoms with Crippen LogP contribution in [0.1, 0.15) is 84.5 Å². The number of likely N-dealkylation sites (N-methyl/N-ethyl adjacent to an activating group) is 1. The molecule has 8 heteroatoms. The molecule has 186 valence electrons. The number of amides is 1. The van der Waals surface area contributed by atoms with Gasteiger partial charge in [-0.2, -0.15) is 5.10 Å². The number of carbonyl (C=O) groups is 1. The molecule has 1 aliphatic carbocycles. The van der Waals surface area contributed by atoms with E-state index in [9.17, 15) is 13.2 Å². The fourth-order valence-electron chi connectivity index (χ4n) is 5.73. The lowest BCUT2D eigenvalue weighted by Gasteiger charge is -2.26. The molecule has 1 saturated carbocycles. The Kier molecular flexibility index (Phi) is 7.08. The standard InChI is InChI=1S/C26H38N4O3S/c1-18-15-22(20(3)29(18)23-9-7-6-8-10-23)11-12-26(31)28(5)16-25-19(2)27-30(21(25)4)24-13-14-34(32,33)17-24/h11-12,15,23-24H,6-10,13-14,16-17H2,1-5H3. The van der Waals surface area contributed by atoms with Gasteiger partial charge in [-0.25, -0.2) is 8.42 Å². The first-order valence-electron chi connectivity index (χ1n) is 12.4. The van der Waals surface area contributed by atoms with Gasteiger partial charge in [-0.15, -0.1) is 0 Å². The monoisotopic (exact) mass is 486 g/mol. The maximum Gasteiger partial charge on any atom is 0.246 e. The average Bonchev–Trinajstić information content (AvgIpc) is 3.40. The summed E-state index contributed by atoms with van der Waals surface area (Å²) in [6, 6.07) is 2.64. The molecule has 0 N–H and O–H groups in total. The van der Waals surface area contributed by atoms with E-state index in [0.29, 0.717) is 19.0 Å². The second kappa shape index (κ2) is 9.72. The molecular weight excluding hydrogens is 448 g/mol. The summed E-state index contributed by atoms with van der Waals surface area (Å²) in [7, 11) is -1.18. The Morgan fingerprint density at radius 3 is 2.44 bits per heavy atom. The molecule has 0 radical (unpaired) electrons. The molecule has 3 heterocycles. The third kappa shape index (κ3) is 5.02. The summed E-state index contributed by atoms with van der Waals surface area (Å²) in [5.74, 6) is 0.304. The van der Waals surface area contributed by atoms with Crippen LogP contribution in [0.5, 0.6) is 0 Å². The van der Waals surface area contributed by atoms with Crippen molar-refractivity contribution in [1.82, 2.24) is 19.2 Å². The van der Waals surface area contributed by atoms with E-state index in [1.54, 1.807) is 18.0 Å². The lowest BCUT2D eigenvalue weighted by atomic mass is 9.95. The highest BCUT2D eigenvalue weighted by Gasteiger charge is 2.31. The minimum Gasteiger partial charge on any atom is -0.346 e. The quantitative estimate of drug-likeness (QED) is 0.565. The lowest BCUT2D eigenvalue weighted by Crippen LogP contribution is -2.25. The van der Waals surface area contributed by atoms with Crippen LogP contribution in [-0.2, 0) is 21.2 Å². The van der Waals surface area contributed by atoms with Gasteiger partial charge < -0.3 is 9.47 Å². The number of hydrogen-bond acceptors (Lipinski definition) is 4. The van der Waals surface area contributed by atoms with E-state index in [-0.39, 0.29) is 23.5 Å². The van der Waals surface area contributed by atoms with Crippen molar-refractivity contribution in [2.24, 2.45) is 0 Å². The van der Waals surface area contributed by atoms with Gasteiger partial charge in [0.25, 0.3) is 0 Å². The summed E-state index contributed by atoms with van der Waals surface area (Å²) in [5.41, 5.74) is 6.38. The van der Waals surface area contributed by atoms with Crippen LogP contribution in [0.25, 0.3) is 6.08 Å². The van der Waals surface area contributed by atoms with Crippen LogP contribution in [0.15, 0.2) is 12.1 Å². The van der Waals surface area contributed by atoms with Crippen molar-refractivity contribution in [2.75, 3.05) is 18.6 Å². The SMILES string of the molecule is Cc1nn(C2CCS(=O)(=O)C2)c(C)c1CN(C)C(=O)C=Cc1cc(C)n(C2CCCCC2)c1C. The number of nitrogens with zero attached hydrogens (tertiary/aromatic N) is 4. The number of carbonyl (C=O) groups excluding carboxylic acids is 1. The average molecular weight is 487 g/mol. The van der Waals surface area contributed by atoms with E-state index >= 15 is 0 Å². The fourth-order valence-corrected chi connectivity index (χ4v) is 7.42. The molecule has 1 amide bonds. The summed E-state index contributed by atoms with van der Waals surface area (Å²) in [5, 5.41) is 4.63. The van der Waals surface area contributed by atoms with E-state index < -0.39 is 9.84 Å². The summed E-state index contributed by atoms with van der Waals surface area (Å²) >= 11 is 0. The van der Waals surface area contributed by atoms with Gasteiger partial charge in [0.15, 0.2) is 9.84 Å². The second-order valence-corrected chi connectivity index (χ2v) is 12.4. The van der Waals surface area contributed by atoms with Crippen molar-refractivity contribution in [3.05, 3.63) is 46.0 Å². The Bertz CT molecular complexity index is 1200. The fraction of sp³-hybridized carbons (Fsp3) is 0.615. The first-order valence-corrected chi connectivity index (χ1v) is 14.3. The molecule has 1 atom stereocenters. The molecular formula is C26H38N4O3S. The maximum atomic E-state index is 12.9. The third-order valence-corrected chi connectivity index (χ3v) is 9.42. The van der Waals surface area contributed by atoms with Gasteiger partial charge in [-0.1, -0.05) is 19.3 Å². The number of hydrogen-bond donors (Lipinski definition) is 0. The molecule has 7 nitrogen and oxygen atoms in total. The molecule has 2 aromatic rings. The molecule has 0 bridgehead atoms. The zero-order valence-corrected chi connectivity index (χ0v) is 22.0. The van der Waals surface area contributed by atoms with Crippen LogP contribution in [0, 0.1) is 27.7 Å². The van der Waals surface area contributed by atoms with Gasteiger partial charge in [-0.05, 0) is 64.7 Å². The minimum absolute atomic E-state index is 0.0579. The van der Waals surface area contributed by atoms with Gasteiger partial charge in [0.05, 0.1) is 23.2 Å². The highest BCUT2D eigenvalue weighted by molar-refractivity contribution is 7.91. The summed E-state index contributed by atoms with van der Waals surface area (Å²) < 4.78 is 28.1. The van der Waals surface area contributed by atoms with E-state index in [1.807, 2.05) is 24.6 Å². The van der Waals surface area contributed by atoms with Crippen molar-refractivity contribution in [1.29, 1.82) is 0 Å². The number of aromatic nitrogens is 3. The van der Waals surface area contributed by atoms with Crippen LogP contribution < -0.4 is 0 Å². The molecule has 1 aliphatic heterocycles. The summed E-state index contributed by atoms with van der Waals surface area (Å²) in [6.07, 6.45) is 10.6. The van der Waals surface area contributed by atoms with Crippen molar-refractivity contribution in [3.63, 3.8) is 0 Å². The first-order chi connectivity index (χ1) is 16.1. The van der Waals surface area contributed by atoms with Gasteiger partial charge in [0.2, 0.25) is 5.91 Å². The van der Waals surface area contributed by atoms with Crippen LogP contribution in [0.3, 0.4) is 0 Å². The Morgan fingerprint density at radius 1 is 1.09 bits per heavy atom. The normalized spacial score (nSPS) is 20.9. The zero-order chi connectivity index (χ0) is 24.6. The topological polar surface area (TPSA) is 77.2 Å². The Morgan fingerprint density at radius 2 is 1.79 bits per heavy atom. The zero-order valence-electron chi connectivity index (χ0n) is 21.2. The minimum atomic E-state index is -2.98. The molecule has 4 rings (SSSR count). The van der Waals surface area contributed by atoms with Gasteiger partial charge in [0.1, 0.15) is 0 Å². The molecule has 2 aliphatic rings. The molecule has 1 unspecified atom stereocenters. The van der Waals surface area contributed by atoms with Crippen LogP contribution in [0.2, 0.25) is 0 Å². The third-order valence-electron chi connectivity index (χ3n) is 7.67. The number of aryl methyl sites for hydroxylation is 2. The molecule has 34 heavy (non-hydrogen) atoms. The van der Waals surface area contributed by atoms with Gasteiger partial charge >= 0.3 is 0 Å². The van der Waals surface area contributed by atoms with Crippen LogP contribution >= 0.6 is 0 Å². The largest absolute Gasteiger partial charge is 0.346 e. The number of sulfone groups is 1. The Labute approximate surface area is 203 Å². The van der Waals surface area contributed by atoms with Gasteiger partial charge in [-0.3, -0.25) is 9.48 Å². The van der Waals surface area contributed by atoms with Crippen LogP contribution in [0.4, 0.5) is 0 Å². The summed E-state index contributed by atoms with van der Waals surface area (Å²) in [4.78, 5) is 14.6. The van der Waals surface area contributed by atoms with Crippen molar-refractivity contribution in [3.8, 4) is 0 Å². The first kappa shape index (κ1) is 24.8. The number of rotatable bonds is 6. The lowest BCUT2D eigenvalue weighted by molar-refractivity contribution is -0.125. The van der Waals surface area contributed by atoms with Crippen molar-refractivity contribution >= 4 is 21.8 Å².